The van der Waals surface area contributed by atoms with Crippen LogP contribution in [-0.2, 0) is 9.59 Å². The van der Waals surface area contributed by atoms with Crippen LogP contribution in [0.2, 0.25) is 0 Å². The smallest absolute Gasteiger partial charge is 0.223 e. The largest absolute Gasteiger partial charge is 0.353 e. The summed E-state index contributed by atoms with van der Waals surface area (Å²) < 4.78 is 0. The molecule has 0 unspecified atom stereocenters. The molecule has 1 aromatic rings. The molecule has 22 heavy (non-hydrogen) atoms. The van der Waals surface area contributed by atoms with Gasteiger partial charge in [-0.15, -0.1) is 0 Å². The van der Waals surface area contributed by atoms with Gasteiger partial charge in [0, 0.05) is 31.6 Å². The van der Waals surface area contributed by atoms with Crippen LogP contribution >= 0.6 is 0 Å². The zero-order chi connectivity index (χ0) is 16.3. The molecule has 0 aliphatic heterocycles. The maximum Gasteiger partial charge on any atom is 0.223 e. The van der Waals surface area contributed by atoms with Crippen LogP contribution in [0.25, 0.3) is 0 Å². The van der Waals surface area contributed by atoms with Crippen LogP contribution in [0, 0.1) is 6.92 Å². The number of aryl methyl sites for hydroxylation is 1. The Morgan fingerprint density at radius 2 is 2.00 bits per heavy atom. The Labute approximate surface area is 132 Å². The molecule has 1 N–H and O–H groups in total. The van der Waals surface area contributed by atoms with Gasteiger partial charge in [-0.05, 0) is 36.8 Å². The molecule has 2 rings (SSSR count). The maximum atomic E-state index is 12.1. The minimum absolute atomic E-state index is 0.0181. The number of benzene rings is 1. The third kappa shape index (κ3) is 4.09. The number of hydrogen-bond donors (Lipinski definition) is 1. The molecule has 0 spiro atoms. The van der Waals surface area contributed by atoms with Gasteiger partial charge in [0.15, 0.2) is 0 Å². The number of nitrogens with one attached hydrogen (secondary N) is 1. The molecule has 1 aliphatic rings. The molecule has 120 valence electrons. The van der Waals surface area contributed by atoms with Crippen molar-refractivity contribution in [2.45, 2.75) is 58.9 Å². The van der Waals surface area contributed by atoms with E-state index < -0.39 is 0 Å². The maximum absolute atomic E-state index is 12.1. The van der Waals surface area contributed by atoms with Gasteiger partial charge in [0.2, 0.25) is 11.8 Å². The molecule has 1 fully saturated rings. The van der Waals surface area contributed by atoms with E-state index in [1.165, 1.54) is 0 Å². The molecular weight excluding hydrogens is 276 g/mol. The van der Waals surface area contributed by atoms with Crippen molar-refractivity contribution >= 4 is 17.5 Å². The van der Waals surface area contributed by atoms with Crippen molar-refractivity contribution in [3.8, 4) is 0 Å². The number of carbonyl (C=O) groups excluding carboxylic acids is 2. The zero-order valence-electron chi connectivity index (χ0n) is 14.0. The lowest BCUT2D eigenvalue weighted by Gasteiger charge is -2.27. The number of amides is 2. The lowest BCUT2D eigenvalue weighted by atomic mass is 9.97. The van der Waals surface area contributed by atoms with Crippen molar-refractivity contribution in [1.82, 2.24) is 5.32 Å². The summed E-state index contributed by atoms with van der Waals surface area (Å²) in [4.78, 5) is 25.8. The molecule has 4 nitrogen and oxygen atoms in total. The minimum Gasteiger partial charge on any atom is -0.353 e. The number of nitrogens with zero attached hydrogens (tertiary/aromatic N) is 1. The van der Waals surface area contributed by atoms with Crippen molar-refractivity contribution in [3.05, 3.63) is 29.3 Å². The van der Waals surface area contributed by atoms with Gasteiger partial charge in [0.25, 0.3) is 0 Å². The molecule has 0 heterocycles. The van der Waals surface area contributed by atoms with Gasteiger partial charge in [-0.3, -0.25) is 9.59 Å². The van der Waals surface area contributed by atoms with Crippen LogP contribution in [0.1, 0.15) is 57.1 Å². The van der Waals surface area contributed by atoms with E-state index in [-0.39, 0.29) is 11.8 Å². The molecule has 0 atom stereocenters. The second-order valence-corrected chi connectivity index (χ2v) is 6.43. The fourth-order valence-electron chi connectivity index (χ4n) is 2.68. The molecule has 2 amide bonds. The average Bonchev–Trinajstić information content (AvgIpc) is 3.23. The highest BCUT2D eigenvalue weighted by atomic mass is 16.2. The summed E-state index contributed by atoms with van der Waals surface area (Å²) in [5.74, 6) is 0.348. The van der Waals surface area contributed by atoms with E-state index >= 15 is 0 Å². The summed E-state index contributed by atoms with van der Waals surface area (Å²) in [5, 5.41) is 2.97. The molecule has 0 aromatic heterocycles. The van der Waals surface area contributed by atoms with E-state index in [9.17, 15) is 9.59 Å². The first-order chi connectivity index (χ1) is 10.4. The zero-order valence-corrected chi connectivity index (χ0v) is 14.0. The molecule has 0 bridgehead atoms. The summed E-state index contributed by atoms with van der Waals surface area (Å²) in [6.45, 7) is 8.25. The fraction of sp³-hybridized carbons (Fsp3) is 0.556. The summed E-state index contributed by atoms with van der Waals surface area (Å²) in [7, 11) is 0. The Morgan fingerprint density at radius 3 is 2.55 bits per heavy atom. The summed E-state index contributed by atoms with van der Waals surface area (Å²) in [5.41, 5.74) is 3.19. The van der Waals surface area contributed by atoms with Crippen LogP contribution < -0.4 is 10.2 Å². The van der Waals surface area contributed by atoms with Crippen LogP contribution in [-0.4, -0.2) is 24.4 Å². The molecule has 1 aromatic carbocycles. The van der Waals surface area contributed by atoms with E-state index in [0.717, 1.165) is 29.7 Å². The Bertz CT molecular complexity index is 562. The van der Waals surface area contributed by atoms with Crippen molar-refractivity contribution in [3.63, 3.8) is 0 Å². The van der Waals surface area contributed by atoms with Gasteiger partial charge in [0.1, 0.15) is 0 Å². The second kappa shape index (κ2) is 6.95. The number of para-hydroxylation sites is 1. The summed E-state index contributed by atoms with van der Waals surface area (Å²) in [6.07, 6.45) is 2.51. The highest BCUT2D eigenvalue weighted by Gasteiger charge is 2.24. The highest BCUT2D eigenvalue weighted by molar-refractivity contribution is 5.94. The van der Waals surface area contributed by atoms with Gasteiger partial charge >= 0.3 is 0 Å². The van der Waals surface area contributed by atoms with Crippen molar-refractivity contribution in [1.29, 1.82) is 0 Å². The fourth-order valence-corrected chi connectivity index (χ4v) is 2.68. The first-order valence-corrected chi connectivity index (χ1v) is 8.07. The molecular formula is C18H26N2O2. The van der Waals surface area contributed by atoms with Gasteiger partial charge in [-0.1, -0.05) is 32.0 Å². The molecule has 1 saturated carbocycles. The monoisotopic (exact) mass is 302 g/mol. The highest BCUT2D eigenvalue weighted by Crippen LogP contribution is 2.31. The van der Waals surface area contributed by atoms with Crippen molar-refractivity contribution in [2.24, 2.45) is 0 Å². The van der Waals surface area contributed by atoms with Crippen molar-refractivity contribution in [2.75, 3.05) is 11.4 Å². The topological polar surface area (TPSA) is 49.4 Å². The number of rotatable bonds is 6. The van der Waals surface area contributed by atoms with Crippen molar-refractivity contribution < 1.29 is 9.59 Å². The standard InChI is InChI=1S/C18H26N2O2/c1-12(2)16-7-5-6-13(3)18(16)20(14(4)21)11-10-17(22)19-15-8-9-15/h5-7,12,15H,8-11H2,1-4H3,(H,19,22). The average molecular weight is 302 g/mol. The number of hydrogen-bond acceptors (Lipinski definition) is 2. The number of anilines is 1. The van der Waals surface area contributed by atoms with Crippen LogP contribution in [0.4, 0.5) is 5.69 Å². The number of carbonyl (C=O) groups is 2. The Hall–Kier alpha value is -1.84. The summed E-state index contributed by atoms with van der Waals surface area (Å²) >= 11 is 0. The third-order valence-electron chi connectivity index (χ3n) is 4.05. The van der Waals surface area contributed by atoms with Crippen LogP contribution in [0.3, 0.4) is 0 Å². The van der Waals surface area contributed by atoms with E-state index in [2.05, 4.69) is 25.2 Å². The third-order valence-corrected chi connectivity index (χ3v) is 4.05. The van der Waals surface area contributed by atoms with E-state index in [4.69, 9.17) is 0 Å². The first-order valence-electron chi connectivity index (χ1n) is 8.07. The van der Waals surface area contributed by atoms with Gasteiger partial charge < -0.3 is 10.2 Å². The lowest BCUT2D eigenvalue weighted by Crippen LogP contribution is -2.35. The molecule has 4 heteroatoms. The molecule has 1 aliphatic carbocycles. The second-order valence-electron chi connectivity index (χ2n) is 6.43. The van der Waals surface area contributed by atoms with E-state index in [1.807, 2.05) is 19.1 Å². The Balaban J connectivity index is 2.16. The Morgan fingerprint density at radius 1 is 1.32 bits per heavy atom. The quantitative estimate of drug-likeness (QED) is 0.877. The van der Waals surface area contributed by atoms with E-state index in [0.29, 0.717) is 24.9 Å². The Kier molecular flexibility index (Phi) is 5.22. The van der Waals surface area contributed by atoms with Crippen LogP contribution in [0.5, 0.6) is 0 Å². The van der Waals surface area contributed by atoms with E-state index in [1.54, 1.807) is 11.8 Å². The lowest BCUT2D eigenvalue weighted by molar-refractivity contribution is -0.121. The van der Waals surface area contributed by atoms with Crippen LogP contribution in [0.15, 0.2) is 18.2 Å². The first kappa shape index (κ1) is 16.5. The normalized spacial score (nSPS) is 14.0. The van der Waals surface area contributed by atoms with Gasteiger partial charge in [-0.2, -0.15) is 0 Å². The minimum atomic E-state index is -0.0181. The predicted molar refractivity (Wildman–Crippen MR) is 89.1 cm³/mol. The SMILES string of the molecule is CC(=O)N(CCC(=O)NC1CC1)c1c(C)cccc1C(C)C. The van der Waals surface area contributed by atoms with Gasteiger partial charge in [-0.25, -0.2) is 0 Å². The molecule has 0 radical (unpaired) electrons. The summed E-state index contributed by atoms with van der Waals surface area (Å²) in [6, 6.07) is 6.46. The predicted octanol–water partition coefficient (Wildman–Crippen LogP) is 3.14. The molecule has 0 saturated heterocycles. The van der Waals surface area contributed by atoms with Gasteiger partial charge in [0.05, 0.1) is 0 Å².